The molecule has 0 amide bonds. The van der Waals surface area contributed by atoms with E-state index in [0.29, 0.717) is 45.0 Å². The molecule has 0 radical (unpaired) electrons. The molecule has 108 valence electrons. The number of hydrogen-bond donors (Lipinski definition) is 2. The number of rotatable bonds is 2. The molecule has 8 heteroatoms. The lowest BCUT2D eigenvalue weighted by molar-refractivity contribution is 0.580. The van der Waals surface area contributed by atoms with Crippen LogP contribution >= 0.6 is 11.6 Å². The van der Waals surface area contributed by atoms with Gasteiger partial charge in [0.1, 0.15) is 22.2 Å². The molecule has 7 nitrogen and oxygen atoms in total. The third kappa shape index (κ3) is 2.08. The van der Waals surface area contributed by atoms with Crippen LogP contribution in [-0.4, -0.2) is 24.9 Å². The Bertz CT molecular complexity index is 963. The third-order valence-corrected chi connectivity index (χ3v) is 3.29. The standard InChI is InChI=1S/C14H9ClN6O/c15-10-6-18-14-12(20-10)7(5-17-14)13-19-8(4-11(16)21-13)9-2-1-3-22-9/h1-6H,(H,17,18)(H2,16,19,21). The van der Waals surface area contributed by atoms with Gasteiger partial charge >= 0.3 is 0 Å². The van der Waals surface area contributed by atoms with Crippen LogP contribution in [0, 0.1) is 0 Å². The maximum absolute atomic E-state index is 5.91. The van der Waals surface area contributed by atoms with Gasteiger partial charge in [0.2, 0.25) is 0 Å². The lowest BCUT2D eigenvalue weighted by Gasteiger charge is -2.03. The van der Waals surface area contributed by atoms with E-state index in [2.05, 4.69) is 24.9 Å². The number of aromatic amines is 1. The minimum atomic E-state index is 0.295. The van der Waals surface area contributed by atoms with Crippen molar-refractivity contribution in [3.63, 3.8) is 0 Å². The summed E-state index contributed by atoms with van der Waals surface area (Å²) in [7, 11) is 0. The van der Waals surface area contributed by atoms with Crippen molar-refractivity contribution in [3.05, 3.63) is 42.0 Å². The van der Waals surface area contributed by atoms with Gasteiger partial charge in [-0.1, -0.05) is 11.6 Å². The van der Waals surface area contributed by atoms with Crippen LogP contribution in [0.25, 0.3) is 34.0 Å². The van der Waals surface area contributed by atoms with Gasteiger partial charge in [-0.2, -0.15) is 0 Å². The summed E-state index contributed by atoms with van der Waals surface area (Å²) in [6.45, 7) is 0. The largest absolute Gasteiger partial charge is 0.463 e. The molecule has 0 atom stereocenters. The second-order valence-electron chi connectivity index (χ2n) is 4.57. The molecule has 0 unspecified atom stereocenters. The molecule has 0 bridgehead atoms. The van der Waals surface area contributed by atoms with Gasteiger partial charge in [-0.05, 0) is 12.1 Å². The predicted octanol–water partition coefficient (Wildman–Crippen LogP) is 2.91. The maximum Gasteiger partial charge on any atom is 0.166 e. The Balaban J connectivity index is 1.93. The first-order chi connectivity index (χ1) is 10.7. The van der Waals surface area contributed by atoms with Crippen molar-refractivity contribution in [3.8, 4) is 22.8 Å². The molecule has 0 saturated carbocycles. The molecule has 0 saturated heterocycles. The number of nitrogens with zero attached hydrogens (tertiary/aromatic N) is 4. The van der Waals surface area contributed by atoms with E-state index in [-0.39, 0.29) is 0 Å². The molecule has 0 aliphatic carbocycles. The van der Waals surface area contributed by atoms with Gasteiger partial charge in [-0.25, -0.2) is 19.9 Å². The zero-order chi connectivity index (χ0) is 15.1. The van der Waals surface area contributed by atoms with Crippen molar-refractivity contribution < 1.29 is 4.42 Å². The molecule has 0 spiro atoms. The van der Waals surface area contributed by atoms with Gasteiger partial charge in [0.05, 0.1) is 18.0 Å². The van der Waals surface area contributed by atoms with Crippen molar-refractivity contribution in [2.45, 2.75) is 0 Å². The van der Waals surface area contributed by atoms with E-state index in [1.54, 1.807) is 30.7 Å². The first-order valence-corrected chi connectivity index (χ1v) is 6.77. The summed E-state index contributed by atoms with van der Waals surface area (Å²) in [6, 6.07) is 5.23. The maximum atomic E-state index is 5.91. The SMILES string of the molecule is Nc1cc(-c2ccco2)nc(-c2c[nH]c3ncc(Cl)nc23)n1. The lowest BCUT2D eigenvalue weighted by Crippen LogP contribution is -1.97. The van der Waals surface area contributed by atoms with Crippen LogP contribution in [-0.2, 0) is 0 Å². The number of furan rings is 1. The summed E-state index contributed by atoms with van der Waals surface area (Å²) in [4.78, 5) is 20.2. The highest BCUT2D eigenvalue weighted by molar-refractivity contribution is 6.29. The van der Waals surface area contributed by atoms with Gasteiger partial charge < -0.3 is 15.1 Å². The second-order valence-corrected chi connectivity index (χ2v) is 4.96. The van der Waals surface area contributed by atoms with E-state index in [1.165, 1.54) is 6.20 Å². The van der Waals surface area contributed by atoms with Gasteiger partial charge in [0.15, 0.2) is 17.2 Å². The summed E-state index contributed by atoms with van der Waals surface area (Å²) in [5.74, 6) is 1.37. The number of anilines is 1. The molecule has 4 rings (SSSR count). The van der Waals surface area contributed by atoms with E-state index in [0.717, 1.165) is 0 Å². The Labute approximate surface area is 129 Å². The van der Waals surface area contributed by atoms with E-state index >= 15 is 0 Å². The third-order valence-electron chi connectivity index (χ3n) is 3.11. The van der Waals surface area contributed by atoms with Crippen LogP contribution in [0.2, 0.25) is 5.15 Å². The molecule has 0 aliphatic rings. The number of hydrogen-bond acceptors (Lipinski definition) is 6. The fourth-order valence-electron chi connectivity index (χ4n) is 2.18. The smallest absolute Gasteiger partial charge is 0.166 e. The van der Waals surface area contributed by atoms with Crippen LogP contribution in [0.1, 0.15) is 0 Å². The molecule has 4 heterocycles. The molecular weight excluding hydrogens is 304 g/mol. The number of nitrogen functional groups attached to an aromatic ring is 1. The summed E-state index contributed by atoms with van der Waals surface area (Å²) >= 11 is 5.91. The molecular formula is C14H9ClN6O. The molecule has 4 aromatic rings. The normalized spacial score (nSPS) is 11.1. The zero-order valence-electron chi connectivity index (χ0n) is 11.1. The average molecular weight is 313 g/mol. The number of aromatic nitrogens is 5. The Morgan fingerprint density at radius 2 is 2.14 bits per heavy atom. The Kier molecular flexibility index (Phi) is 2.80. The monoisotopic (exact) mass is 312 g/mol. The van der Waals surface area contributed by atoms with Crippen molar-refractivity contribution in [1.82, 2.24) is 24.9 Å². The molecule has 0 aliphatic heterocycles. The fraction of sp³-hybridized carbons (Fsp3) is 0. The van der Waals surface area contributed by atoms with Gasteiger partial charge in [0.25, 0.3) is 0 Å². The van der Waals surface area contributed by atoms with Crippen LogP contribution in [0.4, 0.5) is 5.82 Å². The first kappa shape index (κ1) is 12.8. The number of halogens is 1. The Morgan fingerprint density at radius 3 is 2.95 bits per heavy atom. The topological polar surface area (TPSA) is 107 Å². The zero-order valence-corrected chi connectivity index (χ0v) is 11.9. The van der Waals surface area contributed by atoms with Gasteiger partial charge in [-0.3, -0.25) is 0 Å². The van der Waals surface area contributed by atoms with Crippen molar-refractivity contribution >= 4 is 28.6 Å². The first-order valence-electron chi connectivity index (χ1n) is 6.39. The van der Waals surface area contributed by atoms with Gasteiger partial charge in [-0.15, -0.1) is 0 Å². The summed E-state index contributed by atoms with van der Waals surface area (Å²) in [5, 5.41) is 0.295. The fourth-order valence-corrected chi connectivity index (χ4v) is 2.31. The van der Waals surface area contributed by atoms with Crippen molar-refractivity contribution in [2.75, 3.05) is 5.73 Å². The van der Waals surface area contributed by atoms with Gasteiger partial charge in [0, 0.05) is 12.3 Å². The second kappa shape index (κ2) is 4.81. The highest BCUT2D eigenvalue weighted by Crippen LogP contribution is 2.28. The molecule has 3 N–H and O–H groups in total. The van der Waals surface area contributed by atoms with Crippen LogP contribution in [0.5, 0.6) is 0 Å². The lowest BCUT2D eigenvalue weighted by atomic mass is 10.2. The minimum Gasteiger partial charge on any atom is -0.463 e. The van der Waals surface area contributed by atoms with E-state index in [4.69, 9.17) is 21.8 Å². The average Bonchev–Trinajstić information content (AvgIpc) is 3.16. The number of fused-ring (bicyclic) bond motifs is 1. The van der Waals surface area contributed by atoms with Crippen molar-refractivity contribution in [2.24, 2.45) is 0 Å². The number of H-pyrrole nitrogens is 1. The van der Waals surface area contributed by atoms with E-state index in [9.17, 15) is 0 Å². The molecule has 0 aromatic carbocycles. The van der Waals surface area contributed by atoms with Crippen LogP contribution < -0.4 is 5.73 Å². The summed E-state index contributed by atoms with van der Waals surface area (Å²) in [5.41, 5.74) is 8.33. The molecule has 0 fully saturated rings. The molecule has 22 heavy (non-hydrogen) atoms. The van der Waals surface area contributed by atoms with Crippen LogP contribution in [0.15, 0.2) is 41.3 Å². The number of nitrogens with two attached hydrogens (primary N) is 1. The predicted molar refractivity (Wildman–Crippen MR) is 82.0 cm³/mol. The van der Waals surface area contributed by atoms with E-state index < -0.39 is 0 Å². The van der Waals surface area contributed by atoms with Crippen LogP contribution in [0.3, 0.4) is 0 Å². The summed E-state index contributed by atoms with van der Waals surface area (Å²) in [6.07, 6.45) is 4.77. The highest BCUT2D eigenvalue weighted by Gasteiger charge is 2.14. The Morgan fingerprint density at radius 1 is 1.23 bits per heavy atom. The summed E-state index contributed by atoms with van der Waals surface area (Å²) < 4.78 is 5.35. The van der Waals surface area contributed by atoms with E-state index in [1.807, 2.05) is 0 Å². The minimum absolute atomic E-state index is 0.295. The van der Waals surface area contributed by atoms with Crippen molar-refractivity contribution in [1.29, 1.82) is 0 Å². The number of nitrogens with one attached hydrogen (secondary N) is 1. The highest BCUT2D eigenvalue weighted by atomic mass is 35.5. The molecule has 4 aromatic heterocycles. The Hall–Kier alpha value is -2.93. The quantitative estimate of drug-likeness (QED) is 0.589.